The van der Waals surface area contributed by atoms with Crippen LogP contribution in [0.25, 0.3) is 10.9 Å². The van der Waals surface area contributed by atoms with Crippen LogP contribution in [0.15, 0.2) is 30.5 Å². The van der Waals surface area contributed by atoms with Crippen molar-refractivity contribution in [1.82, 2.24) is 25.1 Å². The number of para-hydroxylation sites is 1. The van der Waals surface area contributed by atoms with Crippen LogP contribution in [0, 0.1) is 5.82 Å². The standard InChI is InChI=1S/C15H13FN6O/c16-10-5-18-15(17)19-13(10)14(23)22-6-8(7-22)12-9-3-1-2-4-11(9)20-21-12/h1-5,8H,6-7H2,(H,20,21)(H2,17,18,19). The number of hydrogen-bond donors (Lipinski definition) is 2. The lowest BCUT2D eigenvalue weighted by molar-refractivity contribution is 0.0588. The number of aromatic amines is 1. The molecule has 3 N–H and O–H groups in total. The van der Waals surface area contributed by atoms with Gasteiger partial charge in [-0.25, -0.2) is 14.4 Å². The monoisotopic (exact) mass is 312 g/mol. The van der Waals surface area contributed by atoms with Crippen molar-refractivity contribution in [1.29, 1.82) is 0 Å². The molecular formula is C15H13FN6O. The number of benzene rings is 1. The number of halogens is 1. The molecule has 0 bridgehead atoms. The number of nitrogens with one attached hydrogen (secondary N) is 1. The third kappa shape index (κ3) is 2.19. The van der Waals surface area contributed by atoms with Crippen LogP contribution in [0.2, 0.25) is 0 Å². The van der Waals surface area contributed by atoms with Crippen molar-refractivity contribution in [2.75, 3.05) is 18.8 Å². The van der Waals surface area contributed by atoms with Gasteiger partial charge in [0.25, 0.3) is 5.91 Å². The Balaban J connectivity index is 1.53. The summed E-state index contributed by atoms with van der Waals surface area (Å²) in [5.41, 5.74) is 7.02. The zero-order valence-electron chi connectivity index (χ0n) is 12.0. The van der Waals surface area contributed by atoms with E-state index in [9.17, 15) is 9.18 Å². The highest BCUT2D eigenvalue weighted by Gasteiger charge is 2.35. The summed E-state index contributed by atoms with van der Waals surface area (Å²) in [7, 11) is 0. The van der Waals surface area contributed by atoms with E-state index in [0.717, 1.165) is 22.8 Å². The fourth-order valence-corrected chi connectivity index (χ4v) is 2.80. The minimum atomic E-state index is -0.764. The molecule has 1 aliphatic rings. The Kier molecular flexibility index (Phi) is 2.97. The Labute approximate surface area is 130 Å². The Morgan fingerprint density at radius 3 is 2.96 bits per heavy atom. The molecule has 116 valence electrons. The van der Waals surface area contributed by atoms with Gasteiger partial charge in [0.15, 0.2) is 11.5 Å². The van der Waals surface area contributed by atoms with Gasteiger partial charge >= 0.3 is 0 Å². The molecule has 23 heavy (non-hydrogen) atoms. The quantitative estimate of drug-likeness (QED) is 0.743. The number of amides is 1. The van der Waals surface area contributed by atoms with Gasteiger partial charge in [0, 0.05) is 30.1 Å². The lowest BCUT2D eigenvalue weighted by atomic mass is 9.93. The molecule has 1 fully saturated rings. The van der Waals surface area contributed by atoms with Crippen LogP contribution < -0.4 is 5.73 Å². The largest absolute Gasteiger partial charge is 0.368 e. The smallest absolute Gasteiger partial charge is 0.275 e. The minimum Gasteiger partial charge on any atom is -0.368 e. The van der Waals surface area contributed by atoms with Crippen molar-refractivity contribution in [2.24, 2.45) is 0 Å². The van der Waals surface area contributed by atoms with E-state index in [2.05, 4.69) is 20.2 Å². The third-order valence-corrected chi connectivity index (χ3v) is 4.03. The second-order valence-corrected chi connectivity index (χ2v) is 5.49. The van der Waals surface area contributed by atoms with Gasteiger partial charge in [-0.2, -0.15) is 5.10 Å². The molecule has 0 aliphatic carbocycles. The van der Waals surface area contributed by atoms with E-state index in [4.69, 9.17) is 5.73 Å². The van der Waals surface area contributed by atoms with Crippen LogP contribution in [0.5, 0.6) is 0 Å². The summed E-state index contributed by atoms with van der Waals surface area (Å²) >= 11 is 0. The molecule has 7 nitrogen and oxygen atoms in total. The molecule has 4 rings (SSSR count). The maximum atomic E-state index is 13.7. The summed E-state index contributed by atoms with van der Waals surface area (Å²) in [4.78, 5) is 21.0. The molecule has 0 saturated carbocycles. The van der Waals surface area contributed by atoms with E-state index >= 15 is 0 Å². The second kappa shape index (κ2) is 5.01. The zero-order chi connectivity index (χ0) is 16.0. The molecule has 0 spiro atoms. The second-order valence-electron chi connectivity index (χ2n) is 5.49. The fourth-order valence-electron chi connectivity index (χ4n) is 2.80. The van der Waals surface area contributed by atoms with Crippen molar-refractivity contribution < 1.29 is 9.18 Å². The van der Waals surface area contributed by atoms with E-state index in [1.54, 1.807) is 0 Å². The predicted octanol–water partition coefficient (Wildman–Crippen LogP) is 1.31. The van der Waals surface area contributed by atoms with E-state index in [1.165, 1.54) is 4.90 Å². The van der Waals surface area contributed by atoms with Crippen LogP contribution in [0.3, 0.4) is 0 Å². The molecule has 0 radical (unpaired) electrons. The summed E-state index contributed by atoms with van der Waals surface area (Å²) in [5.74, 6) is -1.21. The van der Waals surface area contributed by atoms with Gasteiger partial charge in [-0.15, -0.1) is 0 Å². The molecule has 1 aromatic carbocycles. The van der Waals surface area contributed by atoms with Crippen LogP contribution in [-0.2, 0) is 0 Å². The van der Waals surface area contributed by atoms with Gasteiger partial charge in [-0.1, -0.05) is 18.2 Å². The van der Waals surface area contributed by atoms with Crippen LogP contribution >= 0.6 is 0 Å². The number of nitrogen functional groups attached to an aromatic ring is 1. The van der Waals surface area contributed by atoms with E-state index < -0.39 is 11.7 Å². The molecule has 0 atom stereocenters. The van der Waals surface area contributed by atoms with E-state index in [0.29, 0.717) is 13.1 Å². The number of nitrogens with two attached hydrogens (primary N) is 1. The number of nitrogens with zero attached hydrogens (tertiary/aromatic N) is 4. The number of hydrogen-bond acceptors (Lipinski definition) is 5. The van der Waals surface area contributed by atoms with Crippen molar-refractivity contribution >= 4 is 22.8 Å². The molecule has 1 saturated heterocycles. The predicted molar refractivity (Wildman–Crippen MR) is 81.1 cm³/mol. The summed E-state index contributed by atoms with van der Waals surface area (Å²) in [6.45, 7) is 0.961. The summed E-state index contributed by atoms with van der Waals surface area (Å²) in [6.07, 6.45) is 0.912. The van der Waals surface area contributed by atoms with Crippen molar-refractivity contribution in [3.8, 4) is 0 Å². The highest BCUT2D eigenvalue weighted by atomic mass is 19.1. The molecule has 3 heterocycles. The van der Waals surface area contributed by atoms with Gasteiger partial charge in [0.1, 0.15) is 0 Å². The molecule has 3 aromatic rings. The number of H-pyrrole nitrogens is 1. The summed E-state index contributed by atoms with van der Waals surface area (Å²) in [5, 5.41) is 8.32. The van der Waals surface area contributed by atoms with E-state index in [1.807, 2.05) is 24.3 Å². The molecular weight excluding hydrogens is 299 g/mol. The number of likely N-dealkylation sites (tertiary alicyclic amines) is 1. The maximum Gasteiger partial charge on any atom is 0.275 e. The molecule has 0 unspecified atom stereocenters. The van der Waals surface area contributed by atoms with Crippen molar-refractivity contribution in [2.45, 2.75) is 5.92 Å². The first-order valence-electron chi connectivity index (χ1n) is 7.14. The first kappa shape index (κ1) is 13.6. The molecule has 2 aromatic heterocycles. The average Bonchev–Trinajstić information content (AvgIpc) is 2.92. The third-order valence-electron chi connectivity index (χ3n) is 4.03. The first-order valence-corrected chi connectivity index (χ1v) is 7.14. The highest BCUT2D eigenvalue weighted by Crippen LogP contribution is 2.31. The van der Waals surface area contributed by atoms with Gasteiger partial charge in [-0.3, -0.25) is 9.89 Å². The Bertz CT molecular complexity index is 902. The van der Waals surface area contributed by atoms with Crippen LogP contribution in [-0.4, -0.2) is 44.1 Å². The fraction of sp³-hybridized carbons (Fsp3) is 0.200. The first-order chi connectivity index (χ1) is 11.1. The Morgan fingerprint density at radius 2 is 2.13 bits per heavy atom. The normalized spacial score (nSPS) is 14.9. The zero-order valence-corrected chi connectivity index (χ0v) is 12.0. The molecule has 1 amide bonds. The summed E-state index contributed by atoms with van der Waals surface area (Å²) in [6, 6.07) is 7.78. The highest BCUT2D eigenvalue weighted by molar-refractivity contribution is 5.93. The van der Waals surface area contributed by atoms with Crippen LogP contribution in [0.4, 0.5) is 10.3 Å². The Morgan fingerprint density at radius 1 is 1.35 bits per heavy atom. The lowest BCUT2D eigenvalue weighted by Crippen LogP contribution is -2.49. The summed E-state index contributed by atoms with van der Waals surface area (Å²) < 4.78 is 13.7. The molecule has 1 aliphatic heterocycles. The maximum absolute atomic E-state index is 13.7. The molecule has 8 heteroatoms. The van der Waals surface area contributed by atoms with Gasteiger partial charge in [0.2, 0.25) is 5.95 Å². The van der Waals surface area contributed by atoms with Crippen LogP contribution in [0.1, 0.15) is 22.1 Å². The van der Waals surface area contributed by atoms with E-state index in [-0.39, 0.29) is 17.6 Å². The average molecular weight is 312 g/mol. The number of rotatable bonds is 2. The number of anilines is 1. The van der Waals surface area contributed by atoms with Gasteiger partial charge in [-0.05, 0) is 6.07 Å². The number of fused-ring (bicyclic) bond motifs is 1. The van der Waals surface area contributed by atoms with Crippen molar-refractivity contribution in [3.63, 3.8) is 0 Å². The Hall–Kier alpha value is -3.03. The number of carbonyl (C=O) groups excluding carboxylic acids is 1. The SMILES string of the molecule is Nc1ncc(F)c(C(=O)N2CC(c3[nH]nc4ccccc34)C2)n1. The number of aromatic nitrogens is 4. The lowest BCUT2D eigenvalue weighted by Gasteiger charge is -2.38. The van der Waals surface area contributed by atoms with Gasteiger partial charge in [0.05, 0.1) is 11.7 Å². The minimum absolute atomic E-state index is 0.119. The van der Waals surface area contributed by atoms with Gasteiger partial charge < -0.3 is 10.6 Å². The van der Waals surface area contributed by atoms with Crippen molar-refractivity contribution in [3.05, 3.63) is 47.7 Å². The number of carbonyl (C=O) groups is 1. The topological polar surface area (TPSA) is 101 Å².